The van der Waals surface area contributed by atoms with Gasteiger partial charge in [0, 0.05) is 11.3 Å². The van der Waals surface area contributed by atoms with Crippen LogP contribution in [0.5, 0.6) is 0 Å². The van der Waals surface area contributed by atoms with Crippen LogP contribution in [0.3, 0.4) is 0 Å². The van der Waals surface area contributed by atoms with Crippen LogP contribution in [-0.2, 0) is 12.8 Å². The van der Waals surface area contributed by atoms with Gasteiger partial charge >= 0.3 is 0 Å². The smallest absolute Gasteiger partial charge is 0.276 e. The number of hydrogen-bond donors (Lipinski definition) is 1. The molecule has 0 atom stereocenters. The summed E-state index contributed by atoms with van der Waals surface area (Å²) in [5, 5.41) is 0. The summed E-state index contributed by atoms with van der Waals surface area (Å²) in [6, 6.07) is 0. The number of aryl methyl sites for hydroxylation is 2. The minimum absolute atomic E-state index is 0.0269. The van der Waals surface area contributed by atoms with E-state index in [-0.39, 0.29) is 5.56 Å². The quantitative estimate of drug-likeness (QED) is 0.620. The van der Waals surface area contributed by atoms with Gasteiger partial charge < -0.3 is 4.98 Å². The number of hydrogen-bond acceptors (Lipinski definition) is 2. The fraction of sp³-hybridized carbons (Fsp3) is 0.556. The average molecular weight is 164 g/mol. The lowest BCUT2D eigenvalue weighted by molar-refractivity contribution is 0.651. The van der Waals surface area contributed by atoms with E-state index in [1.165, 1.54) is 6.42 Å². The van der Waals surface area contributed by atoms with E-state index in [2.05, 4.69) is 9.97 Å². The zero-order valence-corrected chi connectivity index (χ0v) is 7.18. The van der Waals surface area contributed by atoms with Gasteiger partial charge in [-0.2, -0.15) is 4.98 Å². The molecular weight excluding hydrogens is 152 g/mol. The highest BCUT2D eigenvalue weighted by atomic mass is 16.1. The summed E-state index contributed by atoms with van der Waals surface area (Å²) in [5.41, 5.74) is 1.99. The molecule has 3 heteroatoms. The molecule has 3 nitrogen and oxygen atoms in total. The first kappa shape index (κ1) is 7.53. The van der Waals surface area contributed by atoms with Crippen LogP contribution in [0.4, 0.5) is 0 Å². The minimum Gasteiger partial charge on any atom is -0.347 e. The van der Waals surface area contributed by atoms with E-state index in [0.29, 0.717) is 0 Å². The van der Waals surface area contributed by atoms with Gasteiger partial charge in [0.05, 0.1) is 0 Å². The Morgan fingerprint density at radius 1 is 1.33 bits per heavy atom. The monoisotopic (exact) mass is 164 g/mol. The van der Waals surface area contributed by atoms with Crippen molar-refractivity contribution in [1.82, 2.24) is 9.97 Å². The predicted molar refractivity (Wildman–Crippen MR) is 46.2 cm³/mol. The van der Waals surface area contributed by atoms with Crippen molar-refractivity contribution in [3.05, 3.63) is 27.4 Å². The summed E-state index contributed by atoms with van der Waals surface area (Å²) in [7, 11) is 0. The van der Waals surface area contributed by atoms with E-state index < -0.39 is 0 Å². The Bertz CT molecular complexity index is 354. The summed E-state index contributed by atoms with van der Waals surface area (Å²) in [4.78, 5) is 18.4. The number of fused-ring (bicyclic) bond motifs is 1. The van der Waals surface area contributed by atoms with Gasteiger partial charge in [0.15, 0.2) is 0 Å². The number of aromatic amines is 1. The van der Waals surface area contributed by atoms with Gasteiger partial charge in [0.2, 0.25) is 0 Å². The summed E-state index contributed by atoms with van der Waals surface area (Å²) in [5.74, 6) is 0.737. The fourth-order valence-corrected chi connectivity index (χ4v) is 1.75. The molecule has 1 aliphatic rings. The number of H-pyrrole nitrogens is 1. The number of nitrogens with zero attached hydrogens (tertiary/aromatic N) is 1. The fourth-order valence-electron chi connectivity index (χ4n) is 1.75. The van der Waals surface area contributed by atoms with E-state index in [1.807, 2.05) is 6.92 Å². The molecule has 0 spiro atoms. The maximum Gasteiger partial charge on any atom is 0.276 e. The minimum atomic E-state index is -0.0269. The molecule has 0 aliphatic heterocycles. The molecule has 1 N–H and O–H groups in total. The van der Waals surface area contributed by atoms with Crippen LogP contribution in [0.2, 0.25) is 0 Å². The van der Waals surface area contributed by atoms with Crippen molar-refractivity contribution in [3.8, 4) is 0 Å². The largest absolute Gasteiger partial charge is 0.347 e. The van der Waals surface area contributed by atoms with Crippen molar-refractivity contribution >= 4 is 0 Å². The standard InChI is InChI=1S/C9H12N2O/c1-6-10-8-5-3-2-4-7(8)9(12)11-6/h2-5H2,1H3,(H,10,11,12). The molecule has 1 aliphatic carbocycles. The topological polar surface area (TPSA) is 45.8 Å². The van der Waals surface area contributed by atoms with Gasteiger partial charge in [-0.1, -0.05) is 0 Å². The van der Waals surface area contributed by atoms with Crippen LogP contribution in [0, 0.1) is 6.92 Å². The van der Waals surface area contributed by atoms with Crippen LogP contribution < -0.4 is 5.56 Å². The molecule has 0 aromatic carbocycles. The summed E-state index contributed by atoms with van der Waals surface area (Å²) in [6.45, 7) is 1.83. The molecule has 12 heavy (non-hydrogen) atoms. The Labute approximate surface area is 70.9 Å². The molecule has 0 unspecified atom stereocenters. The molecule has 1 aromatic heterocycles. The first-order chi connectivity index (χ1) is 5.77. The lowest BCUT2D eigenvalue weighted by atomic mass is 9.97. The third-order valence-electron chi connectivity index (χ3n) is 2.33. The molecule has 1 aromatic rings. The normalized spacial score (nSPS) is 15.8. The van der Waals surface area contributed by atoms with Crippen molar-refractivity contribution < 1.29 is 0 Å². The number of aromatic nitrogens is 2. The van der Waals surface area contributed by atoms with Gasteiger partial charge in [-0.15, -0.1) is 0 Å². The Morgan fingerprint density at radius 3 is 2.92 bits per heavy atom. The maximum atomic E-state index is 11.4. The molecule has 0 bridgehead atoms. The van der Waals surface area contributed by atoms with Gasteiger partial charge in [0.25, 0.3) is 5.56 Å². The van der Waals surface area contributed by atoms with Crippen LogP contribution in [-0.4, -0.2) is 9.97 Å². The zero-order chi connectivity index (χ0) is 8.55. The second-order valence-electron chi connectivity index (χ2n) is 3.29. The lowest BCUT2D eigenvalue weighted by Gasteiger charge is -2.13. The maximum absolute atomic E-state index is 11.4. The van der Waals surface area contributed by atoms with Crippen LogP contribution >= 0.6 is 0 Å². The molecule has 64 valence electrons. The molecule has 0 fully saturated rings. The molecule has 0 radical (unpaired) electrons. The van der Waals surface area contributed by atoms with Crippen molar-refractivity contribution in [2.45, 2.75) is 32.6 Å². The van der Waals surface area contributed by atoms with Crippen LogP contribution in [0.1, 0.15) is 29.9 Å². The van der Waals surface area contributed by atoms with E-state index >= 15 is 0 Å². The summed E-state index contributed by atoms with van der Waals surface area (Å²) < 4.78 is 0. The van der Waals surface area contributed by atoms with Crippen molar-refractivity contribution in [2.75, 3.05) is 0 Å². The second-order valence-corrected chi connectivity index (χ2v) is 3.29. The van der Waals surface area contributed by atoms with Gasteiger partial charge in [-0.05, 0) is 32.6 Å². The van der Waals surface area contributed by atoms with Crippen molar-refractivity contribution in [2.24, 2.45) is 0 Å². The summed E-state index contributed by atoms with van der Waals surface area (Å²) in [6.07, 6.45) is 4.22. The number of nitrogens with one attached hydrogen (secondary N) is 1. The highest BCUT2D eigenvalue weighted by Crippen LogP contribution is 2.14. The second kappa shape index (κ2) is 2.73. The van der Waals surface area contributed by atoms with E-state index in [1.54, 1.807) is 0 Å². The first-order valence-electron chi connectivity index (χ1n) is 4.36. The highest BCUT2D eigenvalue weighted by molar-refractivity contribution is 5.20. The molecule has 0 saturated carbocycles. The zero-order valence-electron chi connectivity index (χ0n) is 7.18. The Hall–Kier alpha value is -1.12. The number of rotatable bonds is 0. The highest BCUT2D eigenvalue weighted by Gasteiger charge is 2.13. The van der Waals surface area contributed by atoms with Gasteiger partial charge in [0.1, 0.15) is 5.82 Å². The van der Waals surface area contributed by atoms with Crippen molar-refractivity contribution in [3.63, 3.8) is 0 Å². The molecule has 0 amide bonds. The Kier molecular flexibility index (Phi) is 1.71. The predicted octanol–water partition coefficient (Wildman–Crippen LogP) is 0.957. The Morgan fingerprint density at radius 2 is 2.08 bits per heavy atom. The van der Waals surface area contributed by atoms with E-state index in [4.69, 9.17) is 0 Å². The van der Waals surface area contributed by atoms with E-state index in [9.17, 15) is 4.79 Å². The van der Waals surface area contributed by atoms with Crippen LogP contribution in [0.15, 0.2) is 4.79 Å². The molecule has 1 heterocycles. The van der Waals surface area contributed by atoms with Crippen molar-refractivity contribution in [1.29, 1.82) is 0 Å². The molecule has 2 rings (SSSR count). The first-order valence-corrected chi connectivity index (χ1v) is 4.36. The third-order valence-corrected chi connectivity index (χ3v) is 2.33. The third kappa shape index (κ3) is 1.15. The average Bonchev–Trinajstić information content (AvgIpc) is 2.04. The Balaban J connectivity index is 2.60. The SMILES string of the molecule is Cc1nc(=O)c2c([nH]1)CCCC2. The summed E-state index contributed by atoms with van der Waals surface area (Å²) >= 11 is 0. The van der Waals surface area contributed by atoms with Gasteiger partial charge in [-0.25, -0.2) is 0 Å². The molecule has 0 saturated heterocycles. The van der Waals surface area contributed by atoms with E-state index in [0.717, 1.165) is 36.3 Å². The van der Waals surface area contributed by atoms with Crippen LogP contribution in [0.25, 0.3) is 0 Å². The lowest BCUT2D eigenvalue weighted by Crippen LogP contribution is -2.21. The van der Waals surface area contributed by atoms with Gasteiger partial charge in [-0.3, -0.25) is 4.79 Å². The molecular formula is C9H12N2O.